The van der Waals surface area contributed by atoms with E-state index in [9.17, 15) is 14.7 Å². The first kappa shape index (κ1) is 33.8. The molecule has 8 heteroatoms. The Morgan fingerprint density at radius 1 is 0.952 bits per heavy atom. The maximum atomic E-state index is 13.3. The Labute approximate surface area is 266 Å². The zero-order valence-electron chi connectivity index (χ0n) is 24.1. The monoisotopic (exact) mass is 583 g/mol. The molecule has 1 amide bonds. The first-order valence-electron chi connectivity index (χ1n) is 14.5. The molecule has 0 aliphatic heterocycles. The third-order valence-electron chi connectivity index (χ3n) is 7.62. The van der Waals surface area contributed by atoms with E-state index in [1.54, 1.807) is 17.8 Å². The van der Waals surface area contributed by atoms with Crippen LogP contribution >= 0.6 is 11.8 Å². The van der Waals surface area contributed by atoms with E-state index < -0.39 is 17.9 Å². The summed E-state index contributed by atoms with van der Waals surface area (Å²) >= 11 is 1.55. The van der Waals surface area contributed by atoms with E-state index in [1.807, 2.05) is 73.8 Å². The fourth-order valence-electron chi connectivity index (χ4n) is 5.29. The molecule has 42 heavy (non-hydrogen) atoms. The van der Waals surface area contributed by atoms with Crippen LogP contribution in [-0.2, 0) is 22.7 Å². The molecule has 1 atom stereocenters. The number of carbonyl (C=O) groups excluding carboxylic acids is 1. The molecule has 0 aromatic heterocycles. The Morgan fingerprint density at radius 3 is 2.40 bits per heavy atom. The van der Waals surface area contributed by atoms with Crippen molar-refractivity contribution in [1.29, 1.82) is 0 Å². The molecule has 1 fully saturated rings. The van der Waals surface area contributed by atoms with Gasteiger partial charge in [0.15, 0.2) is 0 Å². The number of carboxylic acid groups (broad SMARTS) is 1. The number of aryl methyl sites for hydroxylation is 1. The zero-order valence-corrected chi connectivity index (χ0v) is 24.9. The molecule has 0 spiro atoms. The summed E-state index contributed by atoms with van der Waals surface area (Å²) in [5.74, 6) is 0.758. The van der Waals surface area contributed by atoms with Gasteiger partial charge in [0.25, 0.3) is 5.91 Å². The van der Waals surface area contributed by atoms with Crippen LogP contribution in [0.5, 0.6) is 5.75 Å². The number of benzene rings is 3. The number of aliphatic carboxylic acids is 1. The van der Waals surface area contributed by atoms with E-state index in [2.05, 4.69) is 5.32 Å². The van der Waals surface area contributed by atoms with Crippen molar-refractivity contribution in [3.63, 3.8) is 0 Å². The van der Waals surface area contributed by atoms with E-state index >= 15 is 0 Å². The van der Waals surface area contributed by atoms with Crippen molar-refractivity contribution in [2.24, 2.45) is 5.92 Å². The number of rotatable bonds is 14. The van der Waals surface area contributed by atoms with E-state index in [-0.39, 0.29) is 18.9 Å². The molecule has 0 bridgehead atoms. The molecular formula is C34H42LiNO5S. The summed E-state index contributed by atoms with van der Waals surface area (Å²) in [5.41, 5.74) is 5.14. The van der Waals surface area contributed by atoms with Crippen LogP contribution in [-0.4, -0.2) is 60.5 Å². The number of nitrogens with one attached hydrogen (secondary N) is 1. The predicted molar refractivity (Wildman–Crippen MR) is 173 cm³/mol. The van der Waals surface area contributed by atoms with Gasteiger partial charge in [-0.1, -0.05) is 61.7 Å². The Hall–Kier alpha value is -2.69. The number of hydrogen-bond donors (Lipinski definition) is 2. The van der Waals surface area contributed by atoms with E-state index in [4.69, 9.17) is 9.47 Å². The average molecular weight is 584 g/mol. The van der Waals surface area contributed by atoms with Gasteiger partial charge in [-0.15, -0.1) is 0 Å². The zero-order chi connectivity index (χ0) is 29.0. The molecule has 6 nitrogen and oxygen atoms in total. The van der Waals surface area contributed by atoms with Crippen LogP contribution in [0.15, 0.2) is 66.7 Å². The van der Waals surface area contributed by atoms with Crippen LogP contribution in [0.2, 0.25) is 0 Å². The quantitative estimate of drug-likeness (QED) is 0.207. The second kappa shape index (κ2) is 17.4. The molecule has 1 saturated carbocycles. The summed E-state index contributed by atoms with van der Waals surface area (Å²) in [6, 6.07) is 20.6. The molecule has 0 saturated heterocycles. The fourth-order valence-corrected chi connectivity index (χ4v) is 5.76. The molecular weight excluding hydrogens is 541 g/mol. The van der Waals surface area contributed by atoms with Gasteiger partial charge in [-0.25, -0.2) is 4.79 Å². The molecule has 220 valence electrons. The number of carboxylic acids is 1. The van der Waals surface area contributed by atoms with Crippen molar-refractivity contribution >= 4 is 42.5 Å². The number of ether oxygens (including phenoxy) is 2. The average Bonchev–Trinajstić information content (AvgIpc) is 2.99. The molecule has 1 aliphatic rings. The van der Waals surface area contributed by atoms with Gasteiger partial charge in [-0.3, -0.25) is 4.79 Å². The van der Waals surface area contributed by atoms with Crippen molar-refractivity contribution in [2.45, 2.75) is 64.7 Å². The molecule has 3 aromatic carbocycles. The van der Waals surface area contributed by atoms with Crippen molar-refractivity contribution < 1.29 is 24.2 Å². The second-order valence-electron chi connectivity index (χ2n) is 10.8. The van der Waals surface area contributed by atoms with Crippen LogP contribution in [0.1, 0.15) is 65.6 Å². The van der Waals surface area contributed by atoms with Gasteiger partial charge >= 0.3 is 24.8 Å². The van der Waals surface area contributed by atoms with Gasteiger partial charge in [0.1, 0.15) is 11.8 Å². The summed E-state index contributed by atoms with van der Waals surface area (Å²) in [6.07, 6.45) is 8.74. The SMILES string of the molecule is CSCC[C@H](NC(=O)c1ccc(COCc2cccc(OCC3CCCCC3)c2)cc1-c1ccccc1C)C(=O)O.[LiH]. The Morgan fingerprint density at radius 2 is 1.69 bits per heavy atom. The summed E-state index contributed by atoms with van der Waals surface area (Å²) in [7, 11) is 0. The van der Waals surface area contributed by atoms with Crippen molar-refractivity contribution in [1.82, 2.24) is 5.32 Å². The minimum absolute atomic E-state index is 0. The van der Waals surface area contributed by atoms with E-state index in [1.165, 1.54) is 32.1 Å². The predicted octanol–water partition coefficient (Wildman–Crippen LogP) is 6.63. The van der Waals surface area contributed by atoms with E-state index in [0.717, 1.165) is 40.2 Å². The van der Waals surface area contributed by atoms with Gasteiger partial charge < -0.3 is 19.9 Å². The normalized spacial score (nSPS) is 14.0. The molecule has 2 N–H and O–H groups in total. The summed E-state index contributed by atoms with van der Waals surface area (Å²) in [5, 5.41) is 12.3. The Balaban J connectivity index is 0.00000484. The third-order valence-corrected chi connectivity index (χ3v) is 8.27. The van der Waals surface area contributed by atoms with Gasteiger partial charge in [-0.2, -0.15) is 11.8 Å². The standard InChI is InChI=1S/C34H41NO5S.Li.H/c1-24-9-6-7-14-29(24)31-20-27(15-16-30(31)33(36)35-32(34(37)38)17-18-41-2)22-39-21-26-12-8-13-28(19-26)40-23-25-10-4-3-5-11-25;;/h6-9,12-16,19-20,25,32H,3-5,10-11,17-18,21-23H2,1-2H3,(H,35,36)(H,37,38);;/t32-;;/m0../s1. The van der Waals surface area contributed by atoms with Crippen LogP contribution < -0.4 is 10.1 Å². The van der Waals surface area contributed by atoms with Gasteiger partial charge in [0, 0.05) is 5.56 Å². The Kier molecular flexibility index (Phi) is 14.0. The summed E-state index contributed by atoms with van der Waals surface area (Å²) < 4.78 is 12.2. The van der Waals surface area contributed by atoms with Gasteiger partial charge in [0.2, 0.25) is 0 Å². The van der Waals surface area contributed by atoms with Gasteiger partial charge in [-0.05, 0) is 96.2 Å². The molecule has 0 unspecified atom stereocenters. The molecule has 4 rings (SSSR count). The summed E-state index contributed by atoms with van der Waals surface area (Å²) in [4.78, 5) is 25.1. The number of hydrogen-bond acceptors (Lipinski definition) is 5. The first-order valence-corrected chi connectivity index (χ1v) is 15.8. The Bertz CT molecular complexity index is 1310. The number of thioether (sulfide) groups is 1. The molecule has 0 heterocycles. The topological polar surface area (TPSA) is 84.9 Å². The second-order valence-corrected chi connectivity index (χ2v) is 11.8. The molecule has 3 aromatic rings. The molecule has 0 radical (unpaired) electrons. The maximum absolute atomic E-state index is 13.3. The van der Waals surface area contributed by atoms with Crippen LogP contribution in [0.25, 0.3) is 11.1 Å². The van der Waals surface area contributed by atoms with Crippen LogP contribution in [0.3, 0.4) is 0 Å². The van der Waals surface area contributed by atoms with Crippen LogP contribution in [0.4, 0.5) is 0 Å². The van der Waals surface area contributed by atoms with Gasteiger partial charge in [0.05, 0.1) is 19.8 Å². The molecule has 1 aliphatic carbocycles. The number of carbonyl (C=O) groups is 2. The first-order chi connectivity index (χ1) is 19.9. The minimum atomic E-state index is -1.03. The number of amides is 1. The van der Waals surface area contributed by atoms with Crippen molar-refractivity contribution in [3.8, 4) is 16.9 Å². The van der Waals surface area contributed by atoms with Crippen LogP contribution in [0, 0.1) is 12.8 Å². The van der Waals surface area contributed by atoms with Crippen molar-refractivity contribution in [3.05, 3.63) is 89.0 Å². The van der Waals surface area contributed by atoms with Crippen molar-refractivity contribution in [2.75, 3.05) is 18.6 Å². The fraction of sp³-hybridized carbons (Fsp3) is 0.412. The van der Waals surface area contributed by atoms with E-state index in [0.29, 0.717) is 36.9 Å². The third kappa shape index (κ3) is 9.95. The summed E-state index contributed by atoms with van der Waals surface area (Å²) in [6.45, 7) is 3.59.